The van der Waals surface area contributed by atoms with Crippen molar-refractivity contribution < 1.29 is 16.8 Å². The number of aromatic nitrogens is 2. The van der Waals surface area contributed by atoms with Crippen molar-refractivity contribution in [3.63, 3.8) is 0 Å². The molecular weight excluding hydrogens is 388 g/mol. The highest BCUT2D eigenvalue weighted by molar-refractivity contribution is 7.89. The summed E-state index contributed by atoms with van der Waals surface area (Å²) < 4.78 is 55.4. The van der Waals surface area contributed by atoms with Crippen LogP contribution in [0.15, 0.2) is 40.3 Å². The first kappa shape index (κ1) is 20.0. The van der Waals surface area contributed by atoms with E-state index >= 15 is 0 Å². The molecule has 8 nitrogen and oxygen atoms in total. The van der Waals surface area contributed by atoms with Crippen molar-refractivity contribution in [2.24, 2.45) is 7.05 Å². The molecule has 0 unspecified atom stereocenters. The predicted molar refractivity (Wildman–Crippen MR) is 101 cm³/mol. The van der Waals surface area contributed by atoms with E-state index in [1.807, 2.05) is 6.92 Å². The fraction of sp³-hybridized carbons (Fsp3) is 0.471. The third kappa shape index (κ3) is 3.66. The Morgan fingerprint density at radius 3 is 1.89 bits per heavy atom. The van der Waals surface area contributed by atoms with E-state index in [1.165, 1.54) is 19.5 Å². The molecule has 10 heteroatoms. The summed E-state index contributed by atoms with van der Waals surface area (Å²) in [5, 5.41) is 3.99. The molecule has 2 heterocycles. The topological polar surface area (TPSA) is 92.6 Å². The van der Waals surface area contributed by atoms with Gasteiger partial charge >= 0.3 is 0 Å². The van der Waals surface area contributed by atoms with Crippen molar-refractivity contribution in [2.45, 2.75) is 30.1 Å². The summed E-state index contributed by atoms with van der Waals surface area (Å²) >= 11 is 0. The Labute approximate surface area is 160 Å². The SMILES string of the molecule is CCc1ccc(S(=O)(=O)N2CCN(S(=O)(=O)c3cnn(C)c3C)CC2)cc1. The van der Waals surface area contributed by atoms with E-state index in [4.69, 9.17) is 0 Å². The highest BCUT2D eigenvalue weighted by atomic mass is 32.2. The highest BCUT2D eigenvalue weighted by Gasteiger charge is 2.35. The van der Waals surface area contributed by atoms with Crippen LogP contribution in [0.1, 0.15) is 18.2 Å². The minimum atomic E-state index is -3.69. The summed E-state index contributed by atoms with van der Waals surface area (Å²) in [6, 6.07) is 6.82. The van der Waals surface area contributed by atoms with Crippen LogP contribution in [0, 0.1) is 6.92 Å². The number of piperazine rings is 1. The van der Waals surface area contributed by atoms with Gasteiger partial charge < -0.3 is 0 Å². The minimum Gasteiger partial charge on any atom is -0.272 e. The molecule has 0 radical (unpaired) electrons. The first-order valence-corrected chi connectivity index (χ1v) is 11.6. The van der Waals surface area contributed by atoms with Crippen LogP contribution in [0.2, 0.25) is 0 Å². The lowest BCUT2D eigenvalue weighted by molar-refractivity contribution is 0.272. The maximum atomic E-state index is 12.8. The van der Waals surface area contributed by atoms with E-state index in [1.54, 1.807) is 38.2 Å². The third-order valence-corrected chi connectivity index (χ3v) is 8.89. The molecule has 27 heavy (non-hydrogen) atoms. The van der Waals surface area contributed by atoms with E-state index < -0.39 is 20.0 Å². The molecule has 1 aromatic carbocycles. The van der Waals surface area contributed by atoms with Crippen molar-refractivity contribution in [1.82, 2.24) is 18.4 Å². The van der Waals surface area contributed by atoms with E-state index in [-0.39, 0.29) is 36.0 Å². The summed E-state index contributed by atoms with van der Waals surface area (Å²) in [7, 11) is -5.63. The number of benzene rings is 1. The van der Waals surface area contributed by atoms with E-state index in [2.05, 4.69) is 5.10 Å². The molecule has 1 aliphatic heterocycles. The molecule has 0 bridgehead atoms. The third-order valence-electron chi connectivity index (χ3n) is 4.98. The minimum absolute atomic E-state index is 0.114. The Bertz CT molecular complexity index is 1020. The Balaban J connectivity index is 1.75. The van der Waals surface area contributed by atoms with Gasteiger partial charge in [0.15, 0.2) is 0 Å². The van der Waals surface area contributed by atoms with Gasteiger partial charge in [0.2, 0.25) is 20.0 Å². The molecule has 0 atom stereocenters. The normalized spacial score (nSPS) is 17.3. The van der Waals surface area contributed by atoms with E-state index in [0.717, 1.165) is 12.0 Å². The second-order valence-electron chi connectivity index (χ2n) is 6.52. The number of aryl methyl sites for hydroxylation is 2. The molecular formula is C17H24N4O4S2. The van der Waals surface area contributed by atoms with Crippen LogP contribution < -0.4 is 0 Å². The van der Waals surface area contributed by atoms with E-state index in [0.29, 0.717) is 5.69 Å². The molecule has 2 aromatic rings. The van der Waals surface area contributed by atoms with Gasteiger partial charge in [-0.3, -0.25) is 4.68 Å². The van der Waals surface area contributed by atoms with Crippen LogP contribution in [-0.4, -0.2) is 61.4 Å². The quantitative estimate of drug-likeness (QED) is 0.730. The molecule has 1 aromatic heterocycles. The van der Waals surface area contributed by atoms with Gasteiger partial charge in [-0.05, 0) is 31.0 Å². The molecule has 1 aliphatic rings. The molecule has 148 valence electrons. The smallest absolute Gasteiger partial charge is 0.246 e. The van der Waals surface area contributed by atoms with Gasteiger partial charge in [0.25, 0.3) is 0 Å². The van der Waals surface area contributed by atoms with Crippen molar-refractivity contribution in [3.8, 4) is 0 Å². The number of hydrogen-bond acceptors (Lipinski definition) is 5. The second kappa shape index (κ2) is 7.34. The van der Waals surface area contributed by atoms with Crippen LogP contribution in [0.4, 0.5) is 0 Å². The van der Waals surface area contributed by atoms with Crippen molar-refractivity contribution in [3.05, 3.63) is 41.7 Å². The monoisotopic (exact) mass is 412 g/mol. The molecule has 0 amide bonds. The van der Waals surface area contributed by atoms with Gasteiger partial charge in [0, 0.05) is 33.2 Å². The van der Waals surface area contributed by atoms with Crippen LogP contribution in [0.3, 0.4) is 0 Å². The number of hydrogen-bond donors (Lipinski definition) is 0. The van der Waals surface area contributed by atoms with Crippen molar-refractivity contribution in [2.75, 3.05) is 26.2 Å². The number of sulfonamides is 2. The Morgan fingerprint density at radius 1 is 0.926 bits per heavy atom. The fourth-order valence-electron chi connectivity index (χ4n) is 3.07. The maximum absolute atomic E-state index is 12.8. The van der Waals surface area contributed by atoms with Gasteiger partial charge in [-0.2, -0.15) is 13.7 Å². The predicted octanol–water partition coefficient (Wildman–Crippen LogP) is 0.986. The largest absolute Gasteiger partial charge is 0.272 e. The lowest BCUT2D eigenvalue weighted by Crippen LogP contribution is -2.50. The molecule has 0 saturated carbocycles. The van der Waals surface area contributed by atoms with E-state index in [9.17, 15) is 16.8 Å². The van der Waals surface area contributed by atoms with Crippen molar-refractivity contribution >= 4 is 20.0 Å². The van der Waals surface area contributed by atoms with Crippen LogP contribution in [0.25, 0.3) is 0 Å². The highest BCUT2D eigenvalue weighted by Crippen LogP contribution is 2.23. The summed E-state index contributed by atoms with van der Waals surface area (Å²) in [5.74, 6) is 0. The van der Waals surface area contributed by atoms with Gasteiger partial charge in [-0.15, -0.1) is 0 Å². The first-order valence-electron chi connectivity index (χ1n) is 8.75. The van der Waals surface area contributed by atoms with Gasteiger partial charge in [-0.1, -0.05) is 19.1 Å². The summed E-state index contributed by atoms with van der Waals surface area (Å²) in [4.78, 5) is 0.399. The van der Waals surface area contributed by atoms with Gasteiger partial charge in [0.1, 0.15) is 4.90 Å². The van der Waals surface area contributed by atoms with Crippen molar-refractivity contribution in [1.29, 1.82) is 0 Å². The number of rotatable bonds is 5. The summed E-state index contributed by atoms with van der Waals surface area (Å²) in [6.07, 6.45) is 2.17. The number of nitrogens with zero attached hydrogens (tertiary/aromatic N) is 4. The zero-order valence-electron chi connectivity index (χ0n) is 15.7. The lowest BCUT2D eigenvalue weighted by atomic mass is 10.2. The lowest BCUT2D eigenvalue weighted by Gasteiger charge is -2.33. The molecule has 1 saturated heterocycles. The average molecular weight is 413 g/mol. The van der Waals surface area contributed by atoms with Gasteiger partial charge in [-0.25, -0.2) is 16.8 Å². The summed E-state index contributed by atoms with van der Waals surface area (Å²) in [6.45, 7) is 4.17. The van der Waals surface area contributed by atoms with Crippen LogP contribution >= 0.6 is 0 Å². The van der Waals surface area contributed by atoms with Crippen LogP contribution in [-0.2, 0) is 33.5 Å². The molecule has 0 spiro atoms. The Morgan fingerprint density at radius 2 is 1.44 bits per heavy atom. The molecule has 1 fully saturated rings. The average Bonchev–Trinajstić information content (AvgIpc) is 3.01. The molecule has 3 rings (SSSR count). The zero-order chi connectivity index (χ0) is 19.8. The zero-order valence-corrected chi connectivity index (χ0v) is 17.3. The standard InChI is InChI=1S/C17H24N4O4S2/c1-4-15-5-7-16(8-6-15)26(22,23)20-9-11-21(12-10-20)27(24,25)17-13-18-19(3)14(17)2/h5-8,13H,4,9-12H2,1-3H3. The summed E-state index contributed by atoms with van der Waals surface area (Å²) in [5.41, 5.74) is 1.62. The Hall–Kier alpha value is -1.75. The Kier molecular flexibility index (Phi) is 5.44. The fourth-order valence-corrected chi connectivity index (χ4v) is 6.10. The molecule has 0 aliphatic carbocycles. The first-order chi connectivity index (χ1) is 12.7. The second-order valence-corrected chi connectivity index (χ2v) is 10.4. The van der Waals surface area contributed by atoms with Crippen LogP contribution in [0.5, 0.6) is 0 Å². The van der Waals surface area contributed by atoms with Gasteiger partial charge in [0.05, 0.1) is 16.8 Å². The molecule has 0 N–H and O–H groups in total. The maximum Gasteiger partial charge on any atom is 0.246 e.